The molecule has 1 aromatic carbocycles. The molecule has 0 bridgehead atoms. The molecule has 0 atom stereocenters. The highest BCUT2D eigenvalue weighted by Crippen LogP contribution is 2.19. The molecular weight excluding hydrogens is 286 g/mol. The van der Waals surface area contributed by atoms with Gasteiger partial charge in [-0.1, -0.05) is 15.9 Å². The lowest BCUT2D eigenvalue weighted by atomic mass is 10.1. The number of rotatable bonds is 6. The molecule has 1 rings (SSSR count). The Morgan fingerprint density at radius 1 is 1.35 bits per heavy atom. The summed E-state index contributed by atoms with van der Waals surface area (Å²) in [6, 6.07) is 5.43. The van der Waals surface area contributed by atoms with Crippen LogP contribution in [0.5, 0.6) is 0 Å². The topological polar surface area (TPSA) is 47.6 Å². The van der Waals surface area contributed by atoms with Crippen molar-refractivity contribution in [2.24, 2.45) is 0 Å². The van der Waals surface area contributed by atoms with E-state index in [0.717, 1.165) is 10.0 Å². The molecule has 0 aromatic heterocycles. The van der Waals surface area contributed by atoms with E-state index in [1.807, 2.05) is 12.1 Å². The molecule has 5 heteroatoms. The molecule has 0 aliphatic rings. The minimum atomic E-state index is -0.105. The smallest absolute Gasteiger partial charge is 0.251 e. The van der Waals surface area contributed by atoms with Crippen molar-refractivity contribution in [1.29, 1.82) is 0 Å². The summed E-state index contributed by atoms with van der Waals surface area (Å²) in [5, 5.41) is 2.77. The predicted molar refractivity (Wildman–Crippen MR) is 69.1 cm³/mol. The number of carbonyl (C=O) groups is 1. The summed E-state index contributed by atoms with van der Waals surface area (Å²) in [5.74, 6) is -0.105. The molecule has 4 nitrogen and oxygen atoms in total. The molecule has 0 radical (unpaired) electrons. The van der Waals surface area contributed by atoms with Gasteiger partial charge in [0.2, 0.25) is 0 Å². The number of hydrogen-bond donors (Lipinski definition) is 1. The highest BCUT2D eigenvalue weighted by Gasteiger charge is 2.08. The number of hydrogen-bond acceptors (Lipinski definition) is 3. The van der Waals surface area contributed by atoms with Crippen LogP contribution in [0.1, 0.15) is 15.9 Å². The first kappa shape index (κ1) is 14.2. The van der Waals surface area contributed by atoms with Crippen molar-refractivity contribution in [1.82, 2.24) is 5.32 Å². The molecule has 1 amide bonds. The van der Waals surface area contributed by atoms with Crippen LogP contribution in [-0.2, 0) is 16.1 Å². The first-order valence-corrected chi connectivity index (χ1v) is 6.03. The fourth-order valence-corrected chi connectivity index (χ4v) is 1.71. The van der Waals surface area contributed by atoms with Gasteiger partial charge in [-0.3, -0.25) is 4.79 Å². The average Bonchev–Trinajstić information content (AvgIpc) is 2.32. The minimum Gasteiger partial charge on any atom is -0.383 e. The number of nitrogens with one attached hydrogen (secondary N) is 1. The molecule has 0 heterocycles. The monoisotopic (exact) mass is 301 g/mol. The van der Waals surface area contributed by atoms with E-state index < -0.39 is 0 Å². The lowest BCUT2D eigenvalue weighted by Crippen LogP contribution is -2.27. The van der Waals surface area contributed by atoms with Crippen LogP contribution < -0.4 is 5.32 Å². The van der Waals surface area contributed by atoms with Crippen LogP contribution in [0.25, 0.3) is 0 Å². The third-order valence-corrected chi connectivity index (χ3v) is 2.97. The predicted octanol–water partition coefficient (Wildman–Crippen LogP) is 1.97. The number of halogens is 1. The fraction of sp³-hybridized carbons (Fsp3) is 0.417. The zero-order valence-electron chi connectivity index (χ0n) is 9.96. The number of benzene rings is 1. The van der Waals surface area contributed by atoms with E-state index in [9.17, 15) is 4.79 Å². The number of amides is 1. The van der Waals surface area contributed by atoms with Gasteiger partial charge < -0.3 is 14.8 Å². The quantitative estimate of drug-likeness (QED) is 0.817. The second-order valence-electron chi connectivity index (χ2n) is 3.49. The fourth-order valence-electron chi connectivity index (χ4n) is 1.35. The zero-order chi connectivity index (χ0) is 12.7. The van der Waals surface area contributed by atoms with Crippen molar-refractivity contribution in [3.05, 3.63) is 33.8 Å². The van der Waals surface area contributed by atoms with Gasteiger partial charge >= 0.3 is 0 Å². The van der Waals surface area contributed by atoms with Gasteiger partial charge in [0, 0.05) is 30.8 Å². The normalized spacial score (nSPS) is 10.3. The Hall–Kier alpha value is -0.910. The van der Waals surface area contributed by atoms with Gasteiger partial charge in [0.1, 0.15) is 0 Å². The molecule has 0 aliphatic carbocycles. The summed E-state index contributed by atoms with van der Waals surface area (Å²) in [7, 11) is 3.22. The Bertz CT molecular complexity index is 382. The summed E-state index contributed by atoms with van der Waals surface area (Å²) < 4.78 is 10.9. The van der Waals surface area contributed by atoms with Gasteiger partial charge in [0.25, 0.3) is 5.91 Å². The van der Waals surface area contributed by atoms with E-state index in [4.69, 9.17) is 9.47 Å². The second kappa shape index (κ2) is 7.42. The molecule has 0 unspecified atom stereocenters. The van der Waals surface area contributed by atoms with Crippen molar-refractivity contribution < 1.29 is 14.3 Å². The summed E-state index contributed by atoms with van der Waals surface area (Å²) >= 11 is 3.41. The SMILES string of the molecule is COCCNC(=O)c1ccc(Br)c(COC)c1. The average molecular weight is 302 g/mol. The van der Waals surface area contributed by atoms with Gasteiger partial charge in [-0.2, -0.15) is 0 Å². The summed E-state index contributed by atoms with van der Waals surface area (Å²) in [6.07, 6.45) is 0. The van der Waals surface area contributed by atoms with Gasteiger partial charge in [0.05, 0.1) is 13.2 Å². The lowest BCUT2D eigenvalue weighted by Gasteiger charge is -2.08. The van der Waals surface area contributed by atoms with Gasteiger partial charge in [-0.25, -0.2) is 0 Å². The van der Waals surface area contributed by atoms with E-state index in [1.165, 1.54) is 0 Å². The van der Waals surface area contributed by atoms with Gasteiger partial charge in [-0.05, 0) is 23.8 Å². The third-order valence-electron chi connectivity index (χ3n) is 2.20. The van der Waals surface area contributed by atoms with Crippen LogP contribution in [0.4, 0.5) is 0 Å². The maximum absolute atomic E-state index is 11.8. The van der Waals surface area contributed by atoms with Crippen LogP contribution in [0.15, 0.2) is 22.7 Å². The van der Waals surface area contributed by atoms with Crippen molar-refractivity contribution >= 4 is 21.8 Å². The first-order chi connectivity index (χ1) is 8.19. The van der Waals surface area contributed by atoms with Crippen molar-refractivity contribution in [2.75, 3.05) is 27.4 Å². The van der Waals surface area contributed by atoms with Crippen LogP contribution >= 0.6 is 15.9 Å². The third kappa shape index (κ3) is 4.46. The summed E-state index contributed by atoms with van der Waals surface area (Å²) in [5.41, 5.74) is 1.57. The molecule has 1 N–H and O–H groups in total. The highest BCUT2D eigenvalue weighted by atomic mass is 79.9. The lowest BCUT2D eigenvalue weighted by molar-refractivity contribution is 0.0936. The molecule has 0 saturated carbocycles. The number of methoxy groups -OCH3 is 2. The van der Waals surface area contributed by atoms with Crippen molar-refractivity contribution in [3.8, 4) is 0 Å². The molecular formula is C12H16BrNO3. The maximum atomic E-state index is 11.8. The first-order valence-electron chi connectivity index (χ1n) is 5.23. The number of ether oxygens (including phenoxy) is 2. The Balaban J connectivity index is 2.70. The van der Waals surface area contributed by atoms with Crippen LogP contribution in [0.3, 0.4) is 0 Å². The van der Waals surface area contributed by atoms with E-state index >= 15 is 0 Å². The molecule has 94 valence electrons. The van der Waals surface area contributed by atoms with E-state index in [2.05, 4.69) is 21.2 Å². The second-order valence-corrected chi connectivity index (χ2v) is 4.34. The van der Waals surface area contributed by atoms with E-state index in [1.54, 1.807) is 20.3 Å². The number of carbonyl (C=O) groups excluding carboxylic acids is 1. The Labute approximate surface area is 109 Å². The summed E-state index contributed by atoms with van der Waals surface area (Å²) in [6.45, 7) is 1.48. The molecule has 0 aliphatic heterocycles. The summed E-state index contributed by atoms with van der Waals surface area (Å²) in [4.78, 5) is 11.8. The van der Waals surface area contributed by atoms with Crippen LogP contribution in [0, 0.1) is 0 Å². The largest absolute Gasteiger partial charge is 0.383 e. The minimum absolute atomic E-state index is 0.105. The highest BCUT2D eigenvalue weighted by molar-refractivity contribution is 9.10. The van der Waals surface area contributed by atoms with Crippen molar-refractivity contribution in [2.45, 2.75) is 6.61 Å². The Morgan fingerprint density at radius 2 is 2.12 bits per heavy atom. The van der Waals surface area contributed by atoms with Crippen molar-refractivity contribution in [3.63, 3.8) is 0 Å². The van der Waals surface area contributed by atoms with Gasteiger partial charge in [0.15, 0.2) is 0 Å². The van der Waals surface area contributed by atoms with Crippen LogP contribution in [-0.4, -0.2) is 33.3 Å². The van der Waals surface area contributed by atoms with Gasteiger partial charge in [-0.15, -0.1) is 0 Å². The molecule has 0 spiro atoms. The standard InChI is InChI=1S/C12H16BrNO3/c1-16-6-5-14-12(15)9-3-4-11(13)10(7-9)8-17-2/h3-4,7H,5-6,8H2,1-2H3,(H,14,15). The Kier molecular flexibility index (Phi) is 6.18. The maximum Gasteiger partial charge on any atom is 0.251 e. The Morgan fingerprint density at radius 3 is 2.76 bits per heavy atom. The molecule has 1 aromatic rings. The van der Waals surface area contributed by atoms with Crippen LogP contribution in [0.2, 0.25) is 0 Å². The van der Waals surface area contributed by atoms with E-state index in [0.29, 0.717) is 25.3 Å². The molecule has 0 fully saturated rings. The molecule has 0 saturated heterocycles. The zero-order valence-corrected chi connectivity index (χ0v) is 11.5. The van der Waals surface area contributed by atoms with E-state index in [-0.39, 0.29) is 5.91 Å². The molecule has 17 heavy (non-hydrogen) atoms.